The van der Waals surface area contributed by atoms with Gasteiger partial charge in [0, 0.05) is 32.7 Å². The van der Waals surface area contributed by atoms with Gasteiger partial charge in [0.1, 0.15) is 5.82 Å². The molecule has 0 fully saturated rings. The minimum atomic E-state index is 0.102. The second-order valence-electron chi connectivity index (χ2n) is 3.45. The maximum atomic E-state index is 5.50. The first kappa shape index (κ1) is 12.2. The number of nitrogens with one attached hydrogen (secondary N) is 1. The summed E-state index contributed by atoms with van der Waals surface area (Å²) >= 11 is 0. The summed E-state index contributed by atoms with van der Waals surface area (Å²) in [4.78, 5) is 4.27. The van der Waals surface area contributed by atoms with Gasteiger partial charge in [0.15, 0.2) is 0 Å². The fourth-order valence-electron chi connectivity index (χ4n) is 1.53. The fraction of sp³-hybridized carbons (Fsp3) is 0.700. The van der Waals surface area contributed by atoms with Gasteiger partial charge >= 0.3 is 0 Å². The number of aromatic nitrogens is 2. The van der Waals surface area contributed by atoms with Crippen molar-refractivity contribution in [3.05, 3.63) is 18.2 Å². The SMILES string of the molecule is CCOCCCC(NN)c1nccn1C. The van der Waals surface area contributed by atoms with Crippen LogP contribution in [0.5, 0.6) is 0 Å². The summed E-state index contributed by atoms with van der Waals surface area (Å²) in [5.41, 5.74) is 2.78. The quantitative estimate of drug-likeness (QED) is 0.397. The lowest BCUT2D eigenvalue weighted by atomic mass is 10.1. The number of nitrogens with zero attached hydrogens (tertiary/aromatic N) is 2. The number of nitrogens with two attached hydrogens (primary N) is 1. The van der Waals surface area contributed by atoms with Crippen LogP contribution in [0, 0.1) is 0 Å². The molecule has 0 amide bonds. The van der Waals surface area contributed by atoms with Gasteiger partial charge in [-0.1, -0.05) is 0 Å². The van der Waals surface area contributed by atoms with E-state index >= 15 is 0 Å². The molecule has 86 valence electrons. The molecule has 0 aliphatic heterocycles. The molecule has 1 aromatic heterocycles. The van der Waals surface area contributed by atoms with Crippen molar-refractivity contribution < 1.29 is 4.74 Å². The lowest BCUT2D eigenvalue weighted by Crippen LogP contribution is -2.30. The molecule has 1 unspecified atom stereocenters. The van der Waals surface area contributed by atoms with Crippen LogP contribution < -0.4 is 11.3 Å². The van der Waals surface area contributed by atoms with Gasteiger partial charge in [-0.3, -0.25) is 5.84 Å². The number of aryl methyl sites for hydroxylation is 1. The van der Waals surface area contributed by atoms with Gasteiger partial charge in [-0.15, -0.1) is 0 Å². The lowest BCUT2D eigenvalue weighted by Gasteiger charge is -2.15. The number of hydrazine groups is 1. The van der Waals surface area contributed by atoms with Crippen LogP contribution in [0.2, 0.25) is 0 Å². The predicted octanol–water partition coefficient (Wildman–Crippen LogP) is 0.741. The van der Waals surface area contributed by atoms with E-state index in [1.807, 2.05) is 24.7 Å². The highest BCUT2D eigenvalue weighted by Crippen LogP contribution is 2.14. The highest BCUT2D eigenvalue weighted by atomic mass is 16.5. The maximum Gasteiger partial charge on any atom is 0.126 e. The summed E-state index contributed by atoms with van der Waals surface area (Å²) in [6.45, 7) is 3.54. The van der Waals surface area contributed by atoms with E-state index in [2.05, 4.69) is 10.4 Å². The molecule has 0 aliphatic carbocycles. The Balaban J connectivity index is 2.39. The summed E-state index contributed by atoms with van der Waals surface area (Å²) < 4.78 is 7.26. The van der Waals surface area contributed by atoms with Gasteiger partial charge in [-0.25, -0.2) is 10.4 Å². The van der Waals surface area contributed by atoms with Crippen LogP contribution in [-0.4, -0.2) is 22.8 Å². The molecule has 0 aromatic carbocycles. The lowest BCUT2D eigenvalue weighted by molar-refractivity contribution is 0.140. The molecule has 0 saturated carbocycles. The van der Waals surface area contributed by atoms with E-state index in [9.17, 15) is 0 Å². The van der Waals surface area contributed by atoms with Crippen LogP contribution in [0.15, 0.2) is 12.4 Å². The predicted molar refractivity (Wildman–Crippen MR) is 59.0 cm³/mol. The third-order valence-corrected chi connectivity index (χ3v) is 2.36. The molecule has 1 rings (SSSR count). The molecule has 5 nitrogen and oxygen atoms in total. The van der Waals surface area contributed by atoms with E-state index in [0.717, 1.165) is 31.9 Å². The fourth-order valence-corrected chi connectivity index (χ4v) is 1.53. The number of rotatable bonds is 7. The van der Waals surface area contributed by atoms with Gasteiger partial charge in [0.25, 0.3) is 0 Å². The Morgan fingerprint density at radius 2 is 2.47 bits per heavy atom. The minimum Gasteiger partial charge on any atom is -0.382 e. The van der Waals surface area contributed by atoms with E-state index in [4.69, 9.17) is 10.6 Å². The Kier molecular flexibility index (Phi) is 5.31. The average molecular weight is 212 g/mol. The Morgan fingerprint density at radius 1 is 1.67 bits per heavy atom. The van der Waals surface area contributed by atoms with Gasteiger partial charge in [-0.2, -0.15) is 0 Å². The highest BCUT2D eigenvalue weighted by molar-refractivity contribution is 4.97. The van der Waals surface area contributed by atoms with Crippen molar-refractivity contribution in [3.8, 4) is 0 Å². The number of imidazole rings is 1. The second-order valence-corrected chi connectivity index (χ2v) is 3.45. The van der Waals surface area contributed by atoms with Gasteiger partial charge in [0.2, 0.25) is 0 Å². The molecule has 0 aliphatic rings. The van der Waals surface area contributed by atoms with Crippen molar-refractivity contribution in [3.63, 3.8) is 0 Å². The van der Waals surface area contributed by atoms with Crippen molar-refractivity contribution in [2.24, 2.45) is 12.9 Å². The molecule has 0 bridgehead atoms. The van der Waals surface area contributed by atoms with Crippen LogP contribution in [0.1, 0.15) is 31.6 Å². The second kappa shape index (κ2) is 6.55. The third-order valence-electron chi connectivity index (χ3n) is 2.36. The van der Waals surface area contributed by atoms with Crippen LogP contribution in [-0.2, 0) is 11.8 Å². The smallest absolute Gasteiger partial charge is 0.126 e. The van der Waals surface area contributed by atoms with E-state index in [1.54, 1.807) is 6.20 Å². The van der Waals surface area contributed by atoms with Crippen molar-refractivity contribution in [2.75, 3.05) is 13.2 Å². The zero-order valence-corrected chi connectivity index (χ0v) is 9.44. The third kappa shape index (κ3) is 3.62. The highest BCUT2D eigenvalue weighted by Gasteiger charge is 2.13. The zero-order valence-electron chi connectivity index (χ0n) is 9.44. The summed E-state index contributed by atoms with van der Waals surface area (Å²) in [7, 11) is 1.97. The van der Waals surface area contributed by atoms with E-state index in [-0.39, 0.29) is 6.04 Å². The summed E-state index contributed by atoms with van der Waals surface area (Å²) in [5.74, 6) is 6.47. The van der Waals surface area contributed by atoms with Crippen molar-refractivity contribution >= 4 is 0 Å². The van der Waals surface area contributed by atoms with E-state index in [0.29, 0.717) is 0 Å². The van der Waals surface area contributed by atoms with Crippen LogP contribution in [0.4, 0.5) is 0 Å². The van der Waals surface area contributed by atoms with Crippen LogP contribution in [0.25, 0.3) is 0 Å². The molecular weight excluding hydrogens is 192 g/mol. The van der Waals surface area contributed by atoms with Crippen molar-refractivity contribution in [2.45, 2.75) is 25.8 Å². The van der Waals surface area contributed by atoms with E-state index in [1.165, 1.54) is 0 Å². The first-order valence-corrected chi connectivity index (χ1v) is 5.30. The monoisotopic (exact) mass is 212 g/mol. The number of ether oxygens (including phenoxy) is 1. The zero-order chi connectivity index (χ0) is 11.1. The molecule has 0 spiro atoms. The Hall–Kier alpha value is -0.910. The molecule has 0 saturated heterocycles. The average Bonchev–Trinajstić information content (AvgIpc) is 2.65. The summed E-state index contributed by atoms with van der Waals surface area (Å²) in [5, 5.41) is 0. The van der Waals surface area contributed by atoms with Crippen molar-refractivity contribution in [1.82, 2.24) is 15.0 Å². The molecule has 1 atom stereocenters. The van der Waals surface area contributed by atoms with Gasteiger partial charge in [-0.05, 0) is 19.8 Å². The van der Waals surface area contributed by atoms with Crippen molar-refractivity contribution in [1.29, 1.82) is 0 Å². The van der Waals surface area contributed by atoms with Crippen LogP contribution in [0.3, 0.4) is 0 Å². The number of hydrogen-bond acceptors (Lipinski definition) is 4. The molecule has 1 heterocycles. The molecular formula is C10H20N4O. The Morgan fingerprint density at radius 3 is 3.00 bits per heavy atom. The molecule has 15 heavy (non-hydrogen) atoms. The van der Waals surface area contributed by atoms with Gasteiger partial charge in [0.05, 0.1) is 6.04 Å². The molecule has 3 N–H and O–H groups in total. The molecule has 5 heteroatoms. The Labute approximate surface area is 90.6 Å². The molecule has 0 radical (unpaired) electrons. The molecule has 1 aromatic rings. The van der Waals surface area contributed by atoms with E-state index < -0.39 is 0 Å². The topological polar surface area (TPSA) is 65.1 Å². The normalized spacial score (nSPS) is 13.0. The number of hydrogen-bond donors (Lipinski definition) is 2. The largest absolute Gasteiger partial charge is 0.382 e. The standard InChI is InChI=1S/C10H20N4O/c1-3-15-8-4-5-9(13-11)10-12-6-7-14(10)2/h6-7,9,13H,3-5,8,11H2,1-2H3. The minimum absolute atomic E-state index is 0.102. The first-order valence-electron chi connectivity index (χ1n) is 5.30. The summed E-state index contributed by atoms with van der Waals surface area (Å²) in [6, 6.07) is 0.102. The maximum absolute atomic E-state index is 5.50. The Bertz CT molecular complexity index is 274. The summed E-state index contributed by atoms with van der Waals surface area (Å²) in [6.07, 6.45) is 5.61. The van der Waals surface area contributed by atoms with Crippen LogP contribution >= 0.6 is 0 Å². The van der Waals surface area contributed by atoms with Gasteiger partial charge < -0.3 is 9.30 Å². The first-order chi connectivity index (χ1) is 7.29.